The highest BCUT2D eigenvalue weighted by molar-refractivity contribution is 7.87. The predicted octanol–water partition coefficient (Wildman–Crippen LogP) is 4.39. The van der Waals surface area contributed by atoms with E-state index in [1.165, 1.54) is 36.4 Å². The molecule has 10 heteroatoms. The number of benzene rings is 3. The predicted molar refractivity (Wildman–Crippen MR) is 131 cm³/mol. The second-order valence-electron chi connectivity index (χ2n) is 7.73. The number of hydrogen-bond acceptors (Lipinski definition) is 6. The van der Waals surface area contributed by atoms with Crippen LogP contribution < -0.4 is 14.4 Å². The van der Waals surface area contributed by atoms with E-state index in [1.807, 2.05) is 6.92 Å². The number of nitrogens with one attached hydrogen (secondary N) is 1. The summed E-state index contributed by atoms with van der Waals surface area (Å²) >= 11 is 6.14. The molecule has 1 N–H and O–H groups in total. The first-order chi connectivity index (χ1) is 16.6. The Hall–Kier alpha value is -3.95. The monoisotopic (exact) mass is 510 g/mol. The highest BCUT2D eigenvalue weighted by atomic mass is 35.5. The number of carbonyl (C=O) groups is 3. The fraction of sp³-hybridized carbons (Fsp3) is 0.0800. The first-order valence-corrected chi connectivity index (χ1v) is 12.1. The van der Waals surface area contributed by atoms with Crippen LogP contribution in [-0.2, 0) is 19.7 Å². The van der Waals surface area contributed by atoms with Crippen molar-refractivity contribution >= 4 is 51.3 Å². The van der Waals surface area contributed by atoms with Gasteiger partial charge in [-0.3, -0.25) is 14.9 Å². The van der Waals surface area contributed by atoms with E-state index in [4.69, 9.17) is 15.8 Å². The number of halogens is 1. The third-order valence-electron chi connectivity index (χ3n) is 5.31. The minimum Gasteiger partial charge on any atom is -0.378 e. The number of urea groups is 1. The van der Waals surface area contributed by atoms with E-state index >= 15 is 0 Å². The van der Waals surface area contributed by atoms with Crippen LogP contribution in [0, 0.1) is 13.8 Å². The van der Waals surface area contributed by atoms with Gasteiger partial charge in [-0.05, 0) is 55.8 Å². The van der Waals surface area contributed by atoms with Crippen molar-refractivity contribution in [3.8, 4) is 5.75 Å². The van der Waals surface area contributed by atoms with E-state index in [0.717, 1.165) is 10.5 Å². The van der Waals surface area contributed by atoms with Crippen molar-refractivity contribution < 1.29 is 27.0 Å². The van der Waals surface area contributed by atoms with E-state index in [-0.39, 0.29) is 27.5 Å². The zero-order valence-electron chi connectivity index (χ0n) is 18.6. The minimum atomic E-state index is -4.19. The maximum atomic E-state index is 13.2. The fourth-order valence-electron chi connectivity index (χ4n) is 3.42. The number of aryl methyl sites for hydroxylation is 1. The number of hydrogen-bond donors (Lipinski definition) is 1. The van der Waals surface area contributed by atoms with Gasteiger partial charge in [0.15, 0.2) is 0 Å². The first kappa shape index (κ1) is 24.2. The zero-order chi connectivity index (χ0) is 25.3. The van der Waals surface area contributed by atoms with Crippen molar-refractivity contribution in [3.05, 3.63) is 94.0 Å². The Kier molecular flexibility index (Phi) is 6.47. The quantitative estimate of drug-likeness (QED) is 0.309. The van der Waals surface area contributed by atoms with E-state index in [0.29, 0.717) is 10.6 Å². The molecule has 0 aromatic heterocycles. The summed E-state index contributed by atoms with van der Waals surface area (Å²) in [5.74, 6) is -1.91. The molecule has 0 radical (unpaired) electrons. The summed E-state index contributed by atoms with van der Waals surface area (Å²) in [4.78, 5) is 39.1. The van der Waals surface area contributed by atoms with Gasteiger partial charge in [-0.1, -0.05) is 53.6 Å². The Labute approximate surface area is 206 Å². The molecule has 4 rings (SSSR count). The van der Waals surface area contributed by atoms with E-state index < -0.39 is 28.0 Å². The van der Waals surface area contributed by atoms with Crippen LogP contribution in [-0.4, -0.2) is 26.3 Å². The lowest BCUT2D eigenvalue weighted by atomic mass is 10.1. The van der Waals surface area contributed by atoms with Gasteiger partial charge in [0.05, 0.1) is 5.69 Å². The molecule has 1 aliphatic rings. The van der Waals surface area contributed by atoms with Crippen LogP contribution in [0.25, 0.3) is 6.08 Å². The summed E-state index contributed by atoms with van der Waals surface area (Å²) in [5.41, 5.74) is 1.33. The Morgan fingerprint density at radius 3 is 2.31 bits per heavy atom. The third kappa shape index (κ3) is 4.82. The van der Waals surface area contributed by atoms with Crippen molar-refractivity contribution in [3.63, 3.8) is 0 Å². The molecule has 0 spiro atoms. The average molecular weight is 511 g/mol. The maximum absolute atomic E-state index is 13.2. The molecule has 3 aromatic rings. The van der Waals surface area contributed by atoms with Gasteiger partial charge in [-0.15, -0.1) is 0 Å². The summed E-state index contributed by atoms with van der Waals surface area (Å²) in [6.07, 6.45) is 1.18. The fourth-order valence-corrected chi connectivity index (χ4v) is 4.54. The molecule has 0 saturated carbocycles. The number of barbiturate groups is 1. The number of amides is 4. The van der Waals surface area contributed by atoms with Gasteiger partial charge < -0.3 is 4.18 Å². The van der Waals surface area contributed by atoms with Crippen LogP contribution in [0.4, 0.5) is 10.5 Å². The van der Waals surface area contributed by atoms with Crippen molar-refractivity contribution in [2.24, 2.45) is 0 Å². The molecule has 0 bridgehead atoms. The molecular formula is C25H19ClN2O6S. The summed E-state index contributed by atoms with van der Waals surface area (Å²) < 4.78 is 30.9. The summed E-state index contributed by atoms with van der Waals surface area (Å²) in [5, 5.41) is 2.47. The van der Waals surface area contributed by atoms with Gasteiger partial charge in [0.25, 0.3) is 11.8 Å². The molecule has 3 aromatic carbocycles. The molecular weight excluding hydrogens is 492 g/mol. The average Bonchev–Trinajstić information content (AvgIpc) is 2.80. The van der Waals surface area contributed by atoms with Crippen molar-refractivity contribution in [1.29, 1.82) is 0 Å². The lowest BCUT2D eigenvalue weighted by Gasteiger charge is -2.27. The summed E-state index contributed by atoms with van der Waals surface area (Å²) in [7, 11) is -4.19. The minimum absolute atomic E-state index is 0.0507. The number of anilines is 1. The van der Waals surface area contributed by atoms with Crippen molar-refractivity contribution in [1.82, 2.24) is 5.32 Å². The number of imide groups is 2. The lowest BCUT2D eigenvalue weighted by molar-refractivity contribution is -0.122. The number of para-hydroxylation sites is 1. The van der Waals surface area contributed by atoms with Crippen LogP contribution in [0.15, 0.2) is 77.2 Å². The van der Waals surface area contributed by atoms with Gasteiger partial charge in [-0.2, -0.15) is 8.42 Å². The van der Waals surface area contributed by atoms with E-state index in [2.05, 4.69) is 5.32 Å². The first-order valence-electron chi connectivity index (χ1n) is 10.4. The summed E-state index contributed by atoms with van der Waals surface area (Å²) in [6.45, 7) is 3.46. The maximum Gasteiger partial charge on any atom is 0.339 e. The van der Waals surface area contributed by atoms with Crippen molar-refractivity contribution in [2.45, 2.75) is 18.7 Å². The van der Waals surface area contributed by atoms with Gasteiger partial charge in [0, 0.05) is 10.6 Å². The smallest absolute Gasteiger partial charge is 0.339 e. The Balaban J connectivity index is 1.73. The molecule has 0 atom stereocenters. The zero-order valence-corrected chi connectivity index (χ0v) is 20.2. The summed E-state index contributed by atoms with van der Waals surface area (Å²) in [6, 6.07) is 15.9. The van der Waals surface area contributed by atoms with Crippen molar-refractivity contribution in [2.75, 3.05) is 4.90 Å². The number of rotatable bonds is 5. The van der Waals surface area contributed by atoms with Gasteiger partial charge >= 0.3 is 16.1 Å². The SMILES string of the molecule is Cc1ccc(S(=O)(=O)Oc2ccccc2/C=C2\C(=O)NC(=O)N(c3cccc(Cl)c3C)C2=O)cc1. The molecule has 178 valence electrons. The molecule has 1 heterocycles. The van der Waals surface area contributed by atoms with Crippen LogP contribution in [0.1, 0.15) is 16.7 Å². The molecule has 35 heavy (non-hydrogen) atoms. The Bertz CT molecular complexity index is 1500. The normalized spacial score (nSPS) is 15.3. The second-order valence-corrected chi connectivity index (χ2v) is 9.68. The van der Waals surface area contributed by atoms with Crippen LogP contribution in [0.3, 0.4) is 0 Å². The molecule has 0 aliphatic carbocycles. The Morgan fingerprint density at radius 2 is 1.60 bits per heavy atom. The van der Waals surface area contributed by atoms with Crippen LogP contribution in [0.5, 0.6) is 5.75 Å². The molecule has 1 fully saturated rings. The molecule has 1 saturated heterocycles. The van der Waals surface area contributed by atoms with Gasteiger partial charge in [-0.25, -0.2) is 9.69 Å². The van der Waals surface area contributed by atoms with Crippen LogP contribution >= 0.6 is 11.6 Å². The van der Waals surface area contributed by atoms with E-state index in [1.54, 1.807) is 43.3 Å². The number of nitrogens with zero attached hydrogens (tertiary/aromatic N) is 1. The highest BCUT2D eigenvalue weighted by Crippen LogP contribution is 2.31. The lowest BCUT2D eigenvalue weighted by Crippen LogP contribution is -2.54. The molecule has 1 aliphatic heterocycles. The topological polar surface area (TPSA) is 110 Å². The number of carbonyl (C=O) groups excluding carboxylic acids is 3. The second kappa shape index (κ2) is 9.36. The third-order valence-corrected chi connectivity index (χ3v) is 6.97. The van der Waals surface area contributed by atoms with Crippen LogP contribution in [0.2, 0.25) is 5.02 Å². The highest BCUT2D eigenvalue weighted by Gasteiger charge is 2.38. The molecule has 8 nitrogen and oxygen atoms in total. The van der Waals surface area contributed by atoms with E-state index in [9.17, 15) is 22.8 Å². The molecule has 4 amide bonds. The Morgan fingerprint density at radius 1 is 0.914 bits per heavy atom. The largest absolute Gasteiger partial charge is 0.378 e. The van der Waals surface area contributed by atoms with Gasteiger partial charge in [0.1, 0.15) is 16.2 Å². The standard InChI is InChI=1S/C25H19ClN2O6S/c1-15-10-12-18(13-11-15)35(32,33)34-22-9-4-3-6-17(22)14-19-23(29)27-25(31)28(24(19)30)21-8-5-7-20(26)16(21)2/h3-14H,1-2H3,(H,27,29,31)/b19-14+. The molecule has 0 unspecified atom stereocenters. The van der Waals surface area contributed by atoms with Gasteiger partial charge in [0.2, 0.25) is 0 Å².